The Labute approximate surface area is 92.4 Å². The van der Waals surface area contributed by atoms with E-state index in [9.17, 15) is 4.79 Å². The highest BCUT2D eigenvalue weighted by molar-refractivity contribution is 9.10. The second kappa shape index (κ2) is 5.94. The number of rotatable bonds is 5. The van der Waals surface area contributed by atoms with Gasteiger partial charge >= 0.3 is 0 Å². The summed E-state index contributed by atoms with van der Waals surface area (Å²) in [6.07, 6.45) is 0. The number of ketones is 1. The van der Waals surface area contributed by atoms with Crippen LogP contribution >= 0.6 is 15.9 Å². The summed E-state index contributed by atoms with van der Waals surface area (Å²) in [4.78, 5) is 10.7. The summed E-state index contributed by atoms with van der Waals surface area (Å²) < 4.78 is 5.38. The van der Waals surface area contributed by atoms with E-state index in [4.69, 9.17) is 4.74 Å². The molecule has 0 heterocycles. The Hall–Kier alpha value is -0.670. The number of alkyl halides is 1. The Morgan fingerprint density at radius 2 is 2.07 bits per heavy atom. The van der Waals surface area contributed by atoms with Crippen molar-refractivity contribution < 1.29 is 9.53 Å². The Morgan fingerprint density at radius 1 is 1.43 bits per heavy atom. The molecule has 2 nitrogen and oxygen atoms in total. The summed E-state index contributed by atoms with van der Waals surface area (Å²) in [5, 5.41) is 0. The van der Waals surface area contributed by atoms with Crippen LogP contribution in [0.3, 0.4) is 0 Å². The summed E-state index contributed by atoms with van der Waals surface area (Å²) in [6, 6.07) is 9.89. The smallest absolute Gasteiger partial charge is 0.145 e. The van der Waals surface area contributed by atoms with Gasteiger partial charge in [0.2, 0.25) is 0 Å². The molecule has 1 rings (SSSR count). The average molecular weight is 257 g/mol. The molecule has 1 atom stereocenters. The standard InChI is InChI=1S/C11H13BrO2/c1-9(13)11(12)8-14-7-10-5-3-2-4-6-10/h2-6,11H,7-8H2,1H3. The summed E-state index contributed by atoms with van der Waals surface area (Å²) in [5.41, 5.74) is 1.12. The van der Waals surface area contributed by atoms with Gasteiger partial charge in [-0.05, 0) is 12.5 Å². The Balaban J connectivity index is 2.26. The molecule has 76 valence electrons. The van der Waals surface area contributed by atoms with Crippen LogP contribution in [0, 0.1) is 0 Å². The fourth-order valence-electron chi connectivity index (χ4n) is 0.972. The quantitative estimate of drug-likeness (QED) is 0.758. The number of ether oxygens (including phenoxy) is 1. The van der Waals surface area contributed by atoms with Gasteiger partial charge in [0.1, 0.15) is 5.78 Å². The minimum Gasteiger partial charge on any atom is -0.375 e. The summed E-state index contributed by atoms with van der Waals surface area (Å²) >= 11 is 3.24. The third-order valence-electron chi connectivity index (χ3n) is 1.82. The van der Waals surface area contributed by atoms with Gasteiger partial charge in [0, 0.05) is 0 Å². The van der Waals surface area contributed by atoms with Crippen LogP contribution in [0.25, 0.3) is 0 Å². The van der Waals surface area contributed by atoms with Crippen molar-refractivity contribution in [3.05, 3.63) is 35.9 Å². The first-order valence-corrected chi connectivity index (χ1v) is 5.38. The Kier molecular flexibility index (Phi) is 4.84. The fraction of sp³-hybridized carbons (Fsp3) is 0.364. The average Bonchev–Trinajstić information content (AvgIpc) is 2.19. The van der Waals surface area contributed by atoms with Crippen molar-refractivity contribution in [1.29, 1.82) is 0 Å². The van der Waals surface area contributed by atoms with Gasteiger partial charge in [-0.25, -0.2) is 0 Å². The zero-order valence-corrected chi connectivity index (χ0v) is 9.66. The summed E-state index contributed by atoms with van der Waals surface area (Å²) in [5.74, 6) is 0.0954. The van der Waals surface area contributed by atoms with Gasteiger partial charge < -0.3 is 4.74 Å². The van der Waals surface area contributed by atoms with Crippen molar-refractivity contribution in [1.82, 2.24) is 0 Å². The number of benzene rings is 1. The highest BCUT2D eigenvalue weighted by Crippen LogP contribution is 2.05. The fourth-order valence-corrected chi connectivity index (χ4v) is 1.16. The summed E-state index contributed by atoms with van der Waals surface area (Å²) in [6.45, 7) is 2.52. The van der Waals surface area contributed by atoms with Gasteiger partial charge in [-0.3, -0.25) is 4.79 Å². The lowest BCUT2D eigenvalue weighted by Gasteiger charge is -2.07. The van der Waals surface area contributed by atoms with Crippen molar-refractivity contribution in [3.8, 4) is 0 Å². The number of hydrogen-bond acceptors (Lipinski definition) is 2. The molecule has 3 heteroatoms. The van der Waals surface area contributed by atoms with Gasteiger partial charge in [0.15, 0.2) is 0 Å². The topological polar surface area (TPSA) is 26.3 Å². The van der Waals surface area contributed by atoms with Crippen LogP contribution in [-0.4, -0.2) is 17.2 Å². The second-order valence-corrected chi connectivity index (χ2v) is 4.18. The minimum absolute atomic E-state index is 0.0954. The normalized spacial score (nSPS) is 12.4. The zero-order chi connectivity index (χ0) is 10.4. The third-order valence-corrected chi connectivity index (χ3v) is 2.73. The van der Waals surface area contributed by atoms with E-state index in [1.165, 1.54) is 0 Å². The van der Waals surface area contributed by atoms with E-state index in [1.807, 2.05) is 30.3 Å². The van der Waals surface area contributed by atoms with Crippen molar-refractivity contribution in [2.45, 2.75) is 18.4 Å². The van der Waals surface area contributed by atoms with E-state index >= 15 is 0 Å². The van der Waals surface area contributed by atoms with E-state index < -0.39 is 0 Å². The molecule has 14 heavy (non-hydrogen) atoms. The van der Waals surface area contributed by atoms with E-state index in [1.54, 1.807) is 6.92 Å². The summed E-state index contributed by atoms with van der Waals surface area (Å²) in [7, 11) is 0. The second-order valence-electron chi connectivity index (χ2n) is 3.08. The van der Waals surface area contributed by atoms with Gasteiger partial charge in [0.05, 0.1) is 18.0 Å². The number of halogens is 1. The van der Waals surface area contributed by atoms with Crippen molar-refractivity contribution in [2.24, 2.45) is 0 Å². The van der Waals surface area contributed by atoms with Crippen LogP contribution in [-0.2, 0) is 16.1 Å². The van der Waals surface area contributed by atoms with Gasteiger partial charge in [0.25, 0.3) is 0 Å². The molecule has 1 unspecified atom stereocenters. The predicted molar refractivity (Wildman–Crippen MR) is 59.5 cm³/mol. The number of hydrogen-bond donors (Lipinski definition) is 0. The number of Topliss-reactive ketones (excluding diaryl/α,β-unsaturated/α-hetero) is 1. The van der Waals surface area contributed by atoms with E-state index in [2.05, 4.69) is 15.9 Å². The molecular weight excluding hydrogens is 244 g/mol. The number of carbonyl (C=O) groups is 1. The molecule has 0 amide bonds. The van der Waals surface area contributed by atoms with Crippen LogP contribution in [0.2, 0.25) is 0 Å². The highest BCUT2D eigenvalue weighted by atomic mass is 79.9. The van der Waals surface area contributed by atoms with E-state index in [0.29, 0.717) is 13.2 Å². The van der Waals surface area contributed by atoms with Gasteiger partial charge in [-0.2, -0.15) is 0 Å². The molecule has 0 radical (unpaired) electrons. The van der Waals surface area contributed by atoms with E-state index in [-0.39, 0.29) is 10.6 Å². The maximum Gasteiger partial charge on any atom is 0.145 e. The lowest BCUT2D eigenvalue weighted by atomic mass is 10.2. The molecule has 1 aromatic carbocycles. The molecule has 0 aliphatic heterocycles. The molecular formula is C11H13BrO2. The van der Waals surface area contributed by atoms with Crippen LogP contribution in [0.1, 0.15) is 12.5 Å². The predicted octanol–water partition coefficient (Wildman–Crippen LogP) is 2.56. The molecule has 0 aliphatic rings. The molecule has 0 N–H and O–H groups in total. The molecule has 0 aromatic heterocycles. The van der Waals surface area contributed by atoms with Crippen molar-refractivity contribution in [3.63, 3.8) is 0 Å². The highest BCUT2D eigenvalue weighted by Gasteiger charge is 2.08. The minimum atomic E-state index is -0.189. The first kappa shape index (κ1) is 11.4. The van der Waals surface area contributed by atoms with Crippen LogP contribution in [0.4, 0.5) is 0 Å². The molecule has 0 spiro atoms. The first-order valence-electron chi connectivity index (χ1n) is 4.46. The molecule has 0 bridgehead atoms. The van der Waals surface area contributed by atoms with Crippen LogP contribution in [0.5, 0.6) is 0 Å². The molecule has 0 fully saturated rings. The Morgan fingerprint density at radius 3 is 2.64 bits per heavy atom. The largest absolute Gasteiger partial charge is 0.375 e. The maximum atomic E-state index is 10.9. The lowest BCUT2D eigenvalue weighted by molar-refractivity contribution is -0.117. The Bertz CT molecular complexity index is 285. The van der Waals surface area contributed by atoms with E-state index in [0.717, 1.165) is 5.56 Å². The molecule has 0 saturated carbocycles. The number of carbonyl (C=O) groups excluding carboxylic acids is 1. The first-order chi connectivity index (χ1) is 6.70. The van der Waals surface area contributed by atoms with Crippen molar-refractivity contribution >= 4 is 21.7 Å². The van der Waals surface area contributed by atoms with Crippen LogP contribution < -0.4 is 0 Å². The molecule has 0 saturated heterocycles. The third kappa shape index (κ3) is 4.03. The lowest BCUT2D eigenvalue weighted by Crippen LogP contribution is -2.16. The van der Waals surface area contributed by atoms with Crippen LogP contribution in [0.15, 0.2) is 30.3 Å². The van der Waals surface area contributed by atoms with Gasteiger partial charge in [-0.1, -0.05) is 46.3 Å². The molecule has 1 aromatic rings. The monoisotopic (exact) mass is 256 g/mol. The SMILES string of the molecule is CC(=O)C(Br)COCc1ccccc1. The van der Waals surface area contributed by atoms with Gasteiger partial charge in [-0.15, -0.1) is 0 Å². The molecule has 0 aliphatic carbocycles. The zero-order valence-electron chi connectivity index (χ0n) is 8.07. The maximum absolute atomic E-state index is 10.9. The van der Waals surface area contributed by atoms with Crippen molar-refractivity contribution in [2.75, 3.05) is 6.61 Å².